The van der Waals surface area contributed by atoms with Gasteiger partial charge in [0, 0.05) is 6.42 Å². The predicted molar refractivity (Wildman–Crippen MR) is 68.6 cm³/mol. The molecule has 2 rings (SSSR count). The van der Waals surface area contributed by atoms with Crippen LogP contribution in [0, 0.1) is 0 Å². The smallest absolute Gasteiger partial charge is 0.305 e. The SMILES string of the molecule is CCC(CC(=O)O)n1nnnc1Cc1ccccc1. The molecular weight excluding hydrogens is 244 g/mol. The van der Waals surface area contributed by atoms with Crippen molar-refractivity contribution in [1.29, 1.82) is 0 Å². The van der Waals surface area contributed by atoms with Gasteiger partial charge in [-0.1, -0.05) is 37.3 Å². The van der Waals surface area contributed by atoms with Gasteiger partial charge in [-0.25, -0.2) is 4.68 Å². The maximum absolute atomic E-state index is 10.9. The minimum absolute atomic E-state index is 0.0311. The van der Waals surface area contributed by atoms with Gasteiger partial charge in [0.15, 0.2) is 5.82 Å². The van der Waals surface area contributed by atoms with E-state index in [1.54, 1.807) is 4.68 Å². The van der Waals surface area contributed by atoms with Crippen molar-refractivity contribution in [3.05, 3.63) is 41.7 Å². The van der Waals surface area contributed by atoms with Crippen molar-refractivity contribution in [3.63, 3.8) is 0 Å². The monoisotopic (exact) mass is 260 g/mol. The van der Waals surface area contributed by atoms with Gasteiger partial charge in [0.2, 0.25) is 0 Å². The summed E-state index contributed by atoms with van der Waals surface area (Å²) in [4.78, 5) is 10.9. The highest BCUT2D eigenvalue weighted by Gasteiger charge is 2.18. The van der Waals surface area contributed by atoms with Gasteiger partial charge in [0.05, 0.1) is 12.5 Å². The lowest BCUT2D eigenvalue weighted by Gasteiger charge is -2.14. The highest BCUT2D eigenvalue weighted by Crippen LogP contribution is 2.17. The van der Waals surface area contributed by atoms with Crippen molar-refractivity contribution < 1.29 is 9.90 Å². The zero-order chi connectivity index (χ0) is 13.7. The van der Waals surface area contributed by atoms with Gasteiger partial charge in [0.1, 0.15) is 0 Å². The van der Waals surface area contributed by atoms with Gasteiger partial charge in [-0.15, -0.1) is 5.10 Å². The van der Waals surface area contributed by atoms with Crippen molar-refractivity contribution in [2.75, 3.05) is 0 Å². The van der Waals surface area contributed by atoms with Crippen LogP contribution in [0.5, 0.6) is 0 Å². The average Bonchev–Trinajstić information content (AvgIpc) is 2.85. The Morgan fingerprint density at radius 2 is 2.11 bits per heavy atom. The molecule has 1 unspecified atom stereocenters. The number of aliphatic carboxylic acids is 1. The fraction of sp³-hybridized carbons (Fsp3) is 0.385. The summed E-state index contributed by atoms with van der Waals surface area (Å²) in [6.07, 6.45) is 1.31. The summed E-state index contributed by atoms with van der Waals surface area (Å²) in [5.41, 5.74) is 1.10. The molecule has 0 bridgehead atoms. The minimum atomic E-state index is -0.840. The van der Waals surface area contributed by atoms with E-state index in [2.05, 4.69) is 15.5 Å². The molecule has 1 N–H and O–H groups in total. The molecule has 1 heterocycles. The van der Waals surface area contributed by atoms with Crippen LogP contribution in [0.4, 0.5) is 0 Å². The van der Waals surface area contributed by atoms with Crippen molar-refractivity contribution in [2.45, 2.75) is 32.2 Å². The quantitative estimate of drug-likeness (QED) is 0.854. The lowest BCUT2D eigenvalue weighted by atomic mass is 10.1. The van der Waals surface area contributed by atoms with Gasteiger partial charge < -0.3 is 5.11 Å². The zero-order valence-corrected chi connectivity index (χ0v) is 10.7. The molecule has 0 fully saturated rings. The molecule has 0 aliphatic carbocycles. The third-order valence-electron chi connectivity index (χ3n) is 2.99. The Bertz CT molecular complexity index is 539. The summed E-state index contributed by atoms with van der Waals surface area (Å²) in [5.74, 6) is -0.146. The minimum Gasteiger partial charge on any atom is -0.481 e. The van der Waals surface area contributed by atoms with Crippen LogP contribution in [-0.4, -0.2) is 31.3 Å². The van der Waals surface area contributed by atoms with Crippen molar-refractivity contribution in [1.82, 2.24) is 20.2 Å². The Morgan fingerprint density at radius 3 is 2.74 bits per heavy atom. The third-order valence-corrected chi connectivity index (χ3v) is 2.99. The maximum atomic E-state index is 10.9. The maximum Gasteiger partial charge on any atom is 0.305 e. The van der Waals surface area contributed by atoms with Gasteiger partial charge in [-0.05, 0) is 22.4 Å². The molecule has 0 aliphatic heterocycles. The number of tetrazole rings is 1. The van der Waals surface area contributed by atoms with Crippen LogP contribution < -0.4 is 0 Å². The van der Waals surface area contributed by atoms with Crippen LogP contribution in [0.1, 0.15) is 37.2 Å². The largest absolute Gasteiger partial charge is 0.481 e. The first-order valence-corrected chi connectivity index (χ1v) is 6.23. The lowest BCUT2D eigenvalue weighted by molar-refractivity contribution is -0.138. The van der Waals surface area contributed by atoms with Crippen LogP contribution in [0.3, 0.4) is 0 Å². The second-order valence-corrected chi connectivity index (χ2v) is 4.36. The van der Waals surface area contributed by atoms with Gasteiger partial charge in [-0.2, -0.15) is 0 Å². The molecule has 6 nitrogen and oxygen atoms in total. The molecule has 0 aliphatic rings. The van der Waals surface area contributed by atoms with Gasteiger partial charge in [-0.3, -0.25) is 4.79 Å². The van der Waals surface area contributed by atoms with E-state index in [4.69, 9.17) is 5.11 Å². The first kappa shape index (κ1) is 13.2. The number of carbonyl (C=O) groups is 1. The molecule has 1 aromatic carbocycles. The summed E-state index contributed by atoms with van der Waals surface area (Å²) in [6, 6.07) is 9.65. The van der Waals surface area contributed by atoms with Crippen LogP contribution in [0.2, 0.25) is 0 Å². The number of nitrogens with zero attached hydrogens (tertiary/aromatic N) is 4. The van der Waals surface area contributed by atoms with Crippen LogP contribution in [0.25, 0.3) is 0 Å². The van der Waals surface area contributed by atoms with Crippen molar-refractivity contribution in [3.8, 4) is 0 Å². The van der Waals surface area contributed by atoms with Crippen LogP contribution >= 0.6 is 0 Å². The van der Waals surface area contributed by atoms with Gasteiger partial charge >= 0.3 is 5.97 Å². The molecule has 1 aromatic heterocycles. The molecule has 0 amide bonds. The summed E-state index contributed by atoms with van der Waals surface area (Å²) < 4.78 is 1.63. The van der Waals surface area contributed by atoms with Crippen LogP contribution in [0.15, 0.2) is 30.3 Å². The Hall–Kier alpha value is -2.24. The van der Waals surface area contributed by atoms with E-state index >= 15 is 0 Å². The Balaban J connectivity index is 2.19. The highest BCUT2D eigenvalue weighted by atomic mass is 16.4. The standard InChI is InChI=1S/C13H16N4O2/c1-2-11(9-13(18)19)17-12(14-15-16-17)8-10-6-4-3-5-7-10/h3-7,11H,2,8-9H2,1H3,(H,18,19). The summed E-state index contributed by atoms with van der Waals surface area (Å²) in [5, 5.41) is 20.5. The molecular formula is C13H16N4O2. The topological polar surface area (TPSA) is 80.9 Å². The van der Waals surface area contributed by atoms with E-state index in [0.29, 0.717) is 18.7 Å². The number of hydrogen-bond acceptors (Lipinski definition) is 4. The zero-order valence-electron chi connectivity index (χ0n) is 10.7. The number of benzene rings is 1. The van der Waals surface area contributed by atoms with E-state index in [9.17, 15) is 4.79 Å². The van der Waals surface area contributed by atoms with Crippen LogP contribution in [-0.2, 0) is 11.2 Å². The first-order chi connectivity index (χ1) is 9.20. The Kier molecular flexibility index (Phi) is 4.22. The lowest BCUT2D eigenvalue weighted by Crippen LogP contribution is -2.17. The normalized spacial score (nSPS) is 12.3. The third kappa shape index (κ3) is 3.37. The summed E-state index contributed by atoms with van der Waals surface area (Å²) in [7, 11) is 0. The fourth-order valence-electron chi connectivity index (χ4n) is 2.00. The van der Waals surface area contributed by atoms with Crippen molar-refractivity contribution >= 4 is 5.97 Å². The second kappa shape index (κ2) is 6.08. The molecule has 0 saturated heterocycles. The Labute approximate surface area is 111 Å². The molecule has 100 valence electrons. The molecule has 19 heavy (non-hydrogen) atoms. The second-order valence-electron chi connectivity index (χ2n) is 4.36. The number of hydrogen-bond donors (Lipinski definition) is 1. The van der Waals surface area contributed by atoms with E-state index in [1.807, 2.05) is 37.3 Å². The number of carboxylic acids is 1. The molecule has 0 radical (unpaired) electrons. The Morgan fingerprint density at radius 1 is 1.37 bits per heavy atom. The first-order valence-electron chi connectivity index (χ1n) is 6.23. The fourth-order valence-corrected chi connectivity index (χ4v) is 2.00. The predicted octanol–water partition coefficient (Wildman–Crippen LogP) is 1.69. The molecule has 0 saturated carbocycles. The summed E-state index contributed by atoms with van der Waals surface area (Å²) in [6.45, 7) is 1.93. The molecule has 6 heteroatoms. The highest BCUT2D eigenvalue weighted by molar-refractivity contribution is 5.67. The molecule has 0 spiro atoms. The van der Waals surface area contributed by atoms with E-state index in [1.165, 1.54) is 0 Å². The number of carboxylic acid groups (broad SMARTS) is 1. The number of rotatable bonds is 6. The molecule has 2 aromatic rings. The van der Waals surface area contributed by atoms with E-state index in [-0.39, 0.29) is 12.5 Å². The molecule has 1 atom stereocenters. The van der Waals surface area contributed by atoms with Crippen molar-refractivity contribution in [2.24, 2.45) is 0 Å². The van der Waals surface area contributed by atoms with E-state index in [0.717, 1.165) is 5.56 Å². The summed E-state index contributed by atoms with van der Waals surface area (Å²) >= 11 is 0. The number of aromatic nitrogens is 4. The van der Waals surface area contributed by atoms with Gasteiger partial charge in [0.25, 0.3) is 0 Å². The van der Waals surface area contributed by atoms with E-state index < -0.39 is 5.97 Å². The average molecular weight is 260 g/mol.